The molecule has 0 fully saturated rings. The molecule has 6 aromatic carbocycles. The Bertz CT molecular complexity index is 2490. The number of hydrogen-bond acceptors (Lipinski definition) is 6. The Hall–Kier alpha value is -4.88. The zero-order valence-corrected chi connectivity index (χ0v) is 34.2. The van der Waals surface area contributed by atoms with Crippen LogP contribution in [-0.2, 0) is 24.5 Å². The first-order valence-corrected chi connectivity index (χ1v) is 19.5. The van der Waals surface area contributed by atoms with Crippen LogP contribution in [0.15, 0.2) is 142 Å². The van der Waals surface area contributed by atoms with E-state index in [1.807, 2.05) is 37.3 Å². The van der Waals surface area contributed by atoms with Gasteiger partial charge in [-0.1, -0.05) is 127 Å². The summed E-state index contributed by atoms with van der Waals surface area (Å²) in [5.74, 6) is -0.535. The first-order valence-electron chi connectivity index (χ1n) is 17.2. The Labute approximate surface area is 349 Å². The molecule has 6 aromatic rings. The molecule has 9 nitrogen and oxygen atoms in total. The number of aryl methyl sites for hydroxylation is 1. The Balaban J connectivity index is 0.000000172. The van der Waals surface area contributed by atoms with Crippen molar-refractivity contribution in [2.24, 2.45) is 0 Å². The van der Waals surface area contributed by atoms with E-state index < -0.39 is 16.4 Å². The highest BCUT2D eigenvalue weighted by molar-refractivity contribution is 9.10. The number of carbonyl (C=O) groups excluding carboxylic acids is 2. The molecule has 0 saturated carbocycles. The monoisotopic (exact) mass is 913 g/mol. The molecule has 2 heterocycles. The first kappa shape index (κ1) is 39.4. The van der Waals surface area contributed by atoms with E-state index in [9.17, 15) is 29.9 Å². The number of amides is 2. The van der Waals surface area contributed by atoms with Crippen LogP contribution in [0, 0.1) is 17.0 Å². The van der Waals surface area contributed by atoms with Gasteiger partial charge in [-0.3, -0.25) is 29.5 Å². The highest BCUT2D eigenvalue weighted by Crippen LogP contribution is 2.46. The maximum atomic E-state index is 13.2. The maximum Gasteiger partial charge on any atom is 0.269 e. The van der Waals surface area contributed by atoms with Gasteiger partial charge >= 0.3 is 0 Å². The van der Waals surface area contributed by atoms with Crippen LogP contribution < -0.4 is 0 Å². The van der Waals surface area contributed by atoms with Gasteiger partial charge in [-0.15, -0.1) is 0 Å². The molecule has 2 N–H and O–H groups in total. The molecule has 2 unspecified atom stereocenters. The molecule has 282 valence electrons. The van der Waals surface area contributed by atoms with Crippen molar-refractivity contribution in [3.05, 3.63) is 213 Å². The molecule has 0 radical (unpaired) electrons. The van der Waals surface area contributed by atoms with Crippen molar-refractivity contribution >= 4 is 72.6 Å². The minimum atomic E-state index is -1.71. The summed E-state index contributed by atoms with van der Waals surface area (Å²) in [6, 6.07) is 38.0. The third-order valence-electron chi connectivity index (χ3n) is 9.89. The van der Waals surface area contributed by atoms with Crippen LogP contribution in [0.1, 0.15) is 59.7 Å². The minimum Gasteiger partial charge on any atom is -0.363 e. The zero-order valence-electron chi connectivity index (χ0n) is 29.5. The van der Waals surface area contributed by atoms with Crippen LogP contribution in [0.25, 0.3) is 0 Å². The van der Waals surface area contributed by atoms with Crippen molar-refractivity contribution in [3.63, 3.8) is 0 Å². The van der Waals surface area contributed by atoms with Gasteiger partial charge in [0.2, 0.25) is 0 Å². The lowest BCUT2D eigenvalue weighted by Crippen LogP contribution is -2.44. The summed E-state index contributed by atoms with van der Waals surface area (Å²) in [6.45, 7) is 2.38. The topological polar surface area (TPSA) is 124 Å². The van der Waals surface area contributed by atoms with E-state index in [-0.39, 0.29) is 24.0 Å². The van der Waals surface area contributed by atoms with Crippen LogP contribution in [0.5, 0.6) is 0 Å². The number of non-ortho nitro benzene ring substituents is 1. The number of halogens is 4. The first-order chi connectivity index (χ1) is 26.7. The number of nitro benzene ring substituents is 1. The predicted octanol–water partition coefficient (Wildman–Crippen LogP) is 10.1. The lowest BCUT2D eigenvalue weighted by Gasteiger charge is -2.35. The second kappa shape index (κ2) is 15.6. The number of nitrogens with zero attached hydrogens (tertiary/aromatic N) is 3. The van der Waals surface area contributed by atoms with Crippen molar-refractivity contribution < 1.29 is 24.7 Å². The molecular formula is C43H31Br2Cl2N3O6. The Morgan fingerprint density at radius 3 is 1.57 bits per heavy atom. The molecule has 0 saturated heterocycles. The number of rotatable bonds is 7. The van der Waals surface area contributed by atoms with Gasteiger partial charge in [0.1, 0.15) is 0 Å². The number of fused-ring (bicyclic) bond motifs is 2. The number of benzene rings is 6. The molecule has 13 heteroatoms. The molecule has 0 spiro atoms. The third-order valence-corrected chi connectivity index (χ3v) is 11.4. The molecule has 0 aromatic heterocycles. The van der Waals surface area contributed by atoms with Gasteiger partial charge in [0.25, 0.3) is 17.5 Å². The summed E-state index contributed by atoms with van der Waals surface area (Å²) in [4.78, 5) is 39.6. The average Bonchev–Trinajstić information content (AvgIpc) is 3.52. The number of hydrogen-bond donors (Lipinski definition) is 2. The highest BCUT2D eigenvalue weighted by Gasteiger charge is 2.51. The van der Waals surface area contributed by atoms with Crippen molar-refractivity contribution in [2.45, 2.75) is 31.5 Å². The van der Waals surface area contributed by atoms with Gasteiger partial charge in [-0.2, -0.15) is 0 Å². The number of aliphatic hydroxyl groups is 2. The fourth-order valence-corrected chi connectivity index (χ4v) is 7.98. The van der Waals surface area contributed by atoms with E-state index in [1.54, 1.807) is 91.0 Å². The fourth-order valence-electron chi connectivity index (χ4n) is 7.01. The predicted molar refractivity (Wildman–Crippen MR) is 221 cm³/mol. The summed E-state index contributed by atoms with van der Waals surface area (Å²) in [6.07, 6.45) is 0. The van der Waals surface area contributed by atoms with Crippen LogP contribution >= 0.6 is 55.1 Å². The largest absolute Gasteiger partial charge is 0.363 e. The second-order valence-electron chi connectivity index (χ2n) is 13.4. The SMILES string of the molecule is Cc1ccc(CN2C(=O)c3cc(Br)ccc3C2(O)c2ccc(Cl)cc2)cc1.O=C1c2ccc(Br)cc2C(O)(c2ccc(Cl)cc2)N1Cc1ccc([N+](=O)[O-])cc1. The van der Waals surface area contributed by atoms with Crippen molar-refractivity contribution in [1.29, 1.82) is 0 Å². The maximum absolute atomic E-state index is 13.2. The van der Waals surface area contributed by atoms with Gasteiger partial charge < -0.3 is 10.2 Å². The van der Waals surface area contributed by atoms with Gasteiger partial charge in [0.15, 0.2) is 11.4 Å². The minimum absolute atomic E-state index is 0.0401. The van der Waals surface area contributed by atoms with E-state index in [0.717, 1.165) is 20.1 Å². The Morgan fingerprint density at radius 2 is 1.05 bits per heavy atom. The summed E-state index contributed by atoms with van der Waals surface area (Å²) in [5.41, 5.74) is 2.48. The van der Waals surface area contributed by atoms with E-state index in [1.165, 1.54) is 21.9 Å². The molecule has 2 aliphatic heterocycles. The number of nitro groups is 1. The molecule has 2 amide bonds. The molecule has 2 aliphatic rings. The van der Waals surface area contributed by atoms with Gasteiger partial charge in [0.05, 0.1) is 4.92 Å². The summed E-state index contributed by atoms with van der Waals surface area (Å²) >= 11 is 18.8. The van der Waals surface area contributed by atoms with E-state index in [2.05, 4.69) is 31.9 Å². The molecule has 0 bridgehead atoms. The van der Waals surface area contributed by atoms with Gasteiger partial charge in [-0.25, -0.2) is 0 Å². The molecule has 2 atom stereocenters. The third kappa shape index (κ3) is 7.27. The van der Waals surface area contributed by atoms with E-state index >= 15 is 0 Å². The van der Waals surface area contributed by atoms with Crippen LogP contribution in [0.2, 0.25) is 10.0 Å². The highest BCUT2D eigenvalue weighted by atomic mass is 79.9. The van der Waals surface area contributed by atoms with Crippen molar-refractivity contribution in [3.8, 4) is 0 Å². The number of carbonyl (C=O) groups is 2. The van der Waals surface area contributed by atoms with Crippen molar-refractivity contribution in [2.75, 3.05) is 0 Å². The molecule has 56 heavy (non-hydrogen) atoms. The van der Waals surface area contributed by atoms with E-state index in [4.69, 9.17) is 23.2 Å². The normalized spacial score (nSPS) is 18.3. The lowest BCUT2D eigenvalue weighted by atomic mass is 9.93. The standard InChI is InChI=1S/C22H17BrClNO2.C21H14BrClN2O4/c1-14-2-4-15(5-3-14)13-25-21(26)19-12-17(23)8-11-20(19)22(25,27)16-6-9-18(24)10-7-16;22-15-5-10-18-19(11-15)21(27,14-3-6-16(23)7-4-14)24(20(18)26)12-13-1-8-17(9-2-13)25(28)29/h2-12,27H,13H2,1H3;1-11,27H,12H2. The summed E-state index contributed by atoms with van der Waals surface area (Å²) in [5, 5.41) is 35.6. The Kier molecular flexibility index (Phi) is 10.9. The smallest absolute Gasteiger partial charge is 0.269 e. The van der Waals surface area contributed by atoms with Gasteiger partial charge in [0, 0.05) is 77.6 Å². The fraction of sp³-hybridized carbons (Fsp3) is 0.116. The van der Waals surface area contributed by atoms with Crippen molar-refractivity contribution in [1.82, 2.24) is 9.80 Å². The molecular weight excluding hydrogens is 885 g/mol. The summed E-state index contributed by atoms with van der Waals surface area (Å²) in [7, 11) is 0. The second-order valence-corrected chi connectivity index (χ2v) is 16.1. The Morgan fingerprint density at radius 1 is 0.607 bits per heavy atom. The lowest BCUT2D eigenvalue weighted by molar-refractivity contribution is -0.384. The van der Waals surface area contributed by atoms with E-state index in [0.29, 0.717) is 55.5 Å². The van der Waals surface area contributed by atoms with Crippen LogP contribution in [-0.4, -0.2) is 36.8 Å². The van der Waals surface area contributed by atoms with Gasteiger partial charge in [-0.05, 0) is 72.6 Å². The molecule has 0 aliphatic carbocycles. The molecule has 8 rings (SSSR count). The zero-order chi connectivity index (χ0) is 39.9. The average molecular weight is 916 g/mol. The van der Waals surface area contributed by atoms with Crippen LogP contribution in [0.3, 0.4) is 0 Å². The quantitative estimate of drug-likeness (QED) is 0.121. The van der Waals surface area contributed by atoms with Crippen LogP contribution in [0.4, 0.5) is 5.69 Å². The summed E-state index contributed by atoms with van der Waals surface area (Å²) < 4.78 is 1.53.